The van der Waals surface area contributed by atoms with Gasteiger partial charge in [-0.1, -0.05) is 0 Å². The van der Waals surface area contributed by atoms with Crippen molar-refractivity contribution in [2.75, 3.05) is 0 Å². The highest BCUT2D eigenvalue weighted by Gasteiger charge is 2.55. The second-order valence-electron chi connectivity index (χ2n) is 2.75. The average Bonchev–Trinajstić information content (AvgIpc) is 1.83. The predicted octanol–water partition coefficient (Wildman–Crippen LogP) is -0.306. The third-order valence-corrected chi connectivity index (χ3v) is 1.99. The molecule has 1 aliphatic rings. The fraction of sp³-hybridized carbons (Fsp3) is 0.429. The molecule has 64 valence electrons. The lowest BCUT2D eigenvalue weighted by atomic mass is 9.66. The van der Waals surface area contributed by atoms with Crippen molar-refractivity contribution in [3.8, 4) is 0 Å². The smallest absolute Gasteiger partial charge is 0.321 e. The van der Waals surface area contributed by atoms with Gasteiger partial charge in [0.2, 0.25) is 0 Å². The third-order valence-electron chi connectivity index (χ3n) is 1.99. The number of carboxylic acid groups (broad SMARTS) is 2. The van der Waals surface area contributed by atoms with Gasteiger partial charge in [-0.25, -0.2) is 4.79 Å². The highest BCUT2D eigenvalue weighted by Crippen LogP contribution is 2.44. The molecule has 1 saturated carbocycles. The Morgan fingerprint density at radius 3 is 1.92 bits per heavy atom. The van der Waals surface area contributed by atoms with E-state index in [0.29, 0.717) is 0 Å². The van der Waals surface area contributed by atoms with Gasteiger partial charge in [0, 0.05) is 18.4 Å². The molecule has 0 saturated heterocycles. The van der Waals surface area contributed by atoms with E-state index in [9.17, 15) is 14.4 Å². The van der Waals surface area contributed by atoms with Crippen LogP contribution in [0.2, 0.25) is 0 Å². The lowest BCUT2D eigenvalue weighted by Gasteiger charge is -2.33. The lowest BCUT2D eigenvalue weighted by molar-refractivity contribution is -0.167. The molecule has 0 unspecified atom stereocenters. The van der Waals surface area contributed by atoms with E-state index < -0.39 is 17.4 Å². The van der Waals surface area contributed by atoms with Crippen LogP contribution in [0.3, 0.4) is 0 Å². The van der Waals surface area contributed by atoms with E-state index >= 15 is 0 Å². The van der Waals surface area contributed by atoms with Crippen LogP contribution in [-0.4, -0.2) is 28.1 Å². The minimum Gasteiger partial charge on any atom is -0.480 e. The molecule has 5 heteroatoms. The number of rotatable bonds is 2. The Bertz CT molecular complexity index is 273. The first-order valence-electron chi connectivity index (χ1n) is 3.22. The maximum atomic E-state index is 10.5. The van der Waals surface area contributed by atoms with Crippen LogP contribution in [0.4, 0.5) is 0 Å². The molecule has 0 bridgehead atoms. The van der Waals surface area contributed by atoms with Gasteiger partial charge in [0.25, 0.3) is 0 Å². The zero-order valence-electron chi connectivity index (χ0n) is 6.03. The molecule has 0 spiro atoms. The van der Waals surface area contributed by atoms with E-state index in [1.807, 2.05) is 0 Å². The van der Waals surface area contributed by atoms with Crippen molar-refractivity contribution < 1.29 is 24.6 Å². The minimum atomic E-state index is -1.77. The monoisotopic (exact) mass is 170 g/mol. The van der Waals surface area contributed by atoms with Crippen LogP contribution in [0.25, 0.3) is 0 Å². The topological polar surface area (TPSA) is 91.7 Å². The number of carbonyl (C=O) groups excluding carboxylic acids is 1. The summed E-state index contributed by atoms with van der Waals surface area (Å²) in [7, 11) is 0. The molecule has 5 nitrogen and oxygen atoms in total. The van der Waals surface area contributed by atoms with E-state index in [1.165, 1.54) is 5.94 Å². The molecule has 2 N–H and O–H groups in total. The van der Waals surface area contributed by atoms with Gasteiger partial charge < -0.3 is 10.2 Å². The molecule has 1 fully saturated rings. The second kappa shape index (κ2) is 2.46. The molecule has 0 aromatic carbocycles. The Kier molecular flexibility index (Phi) is 1.74. The summed E-state index contributed by atoms with van der Waals surface area (Å²) in [6.45, 7) is 0. The van der Waals surface area contributed by atoms with Gasteiger partial charge in [0.15, 0.2) is 5.41 Å². The van der Waals surface area contributed by atoms with E-state index in [2.05, 4.69) is 0 Å². The Balaban J connectivity index is 2.90. The van der Waals surface area contributed by atoms with Gasteiger partial charge in [-0.05, 0) is 0 Å². The van der Waals surface area contributed by atoms with E-state index in [1.54, 1.807) is 0 Å². The van der Waals surface area contributed by atoms with Crippen LogP contribution in [0, 0.1) is 5.41 Å². The maximum absolute atomic E-state index is 10.5. The van der Waals surface area contributed by atoms with Gasteiger partial charge in [-0.3, -0.25) is 9.59 Å². The molecular weight excluding hydrogens is 164 g/mol. The molecule has 0 radical (unpaired) electrons. The van der Waals surface area contributed by atoms with Gasteiger partial charge in [0.1, 0.15) is 5.94 Å². The molecule has 1 aliphatic carbocycles. The van der Waals surface area contributed by atoms with E-state index in [0.717, 1.165) is 0 Å². The molecule has 0 aromatic heterocycles. The summed E-state index contributed by atoms with van der Waals surface area (Å²) in [6, 6.07) is 0. The van der Waals surface area contributed by atoms with Crippen molar-refractivity contribution in [1.82, 2.24) is 0 Å². The quantitative estimate of drug-likeness (QED) is 0.438. The first kappa shape index (κ1) is 8.49. The highest BCUT2D eigenvalue weighted by molar-refractivity contribution is 6.01. The summed E-state index contributed by atoms with van der Waals surface area (Å²) in [5.74, 6) is -1.28. The average molecular weight is 170 g/mol. The normalized spacial score (nSPS) is 19.2. The number of allylic oxidation sites excluding steroid dienone is 1. The minimum absolute atomic E-state index is 0.221. The number of hydrogen-bond donors (Lipinski definition) is 2. The molecule has 0 aliphatic heterocycles. The largest absolute Gasteiger partial charge is 0.480 e. The van der Waals surface area contributed by atoms with Crippen molar-refractivity contribution in [2.45, 2.75) is 12.8 Å². The zero-order valence-corrected chi connectivity index (χ0v) is 6.03. The van der Waals surface area contributed by atoms with Crippen molar-refractivity contribution in [2.24, 2.45) is 5.41 Å². The molecule has 0 heterocycles. The molecule has 0 atom stereocenters. The highest BCUT2D eigenvalue weighted by atomic mass is 16.4. The van der Waals surface area contributed by atoms with Crippen LogP contribution >= 0.6 is 0 Å². The van der Waals surface area contributed by atoms with E-state index in [4.69, 9.17) is 10.2 Å². The zero-order chi connectivity index (χ0) is 9.35. The Morgan fingerprint density at radius 2 is 1.67 bits per heavy atom. The van der Waals surface area contributed by atoms with E-state index in [-0.39, 0.29) is 18.4 Å². The van der Waals surface area contributed by atoms with Gasteiger partial charge >= 0.3 is 11.9 Å². The van der Waals surface area contributed by atoms with Crippen molar-refractivity contribution in [3.63, 3.8) is 0 Å². The fourth-order valence-corrected chi connectivity index (χ4v) is 1.14. The van der Waals surface area contributed by atoms with Crippen molar-refractivity contribution in [1.29, 1.82) is 0 Å². The standard InChI is InChI=1S/C7H6O5/c8-3-4-1-7(2-4,5(9)10)6(11)12/h1-2H2,(H,9,10)(H,11,12). The molecule has 0 aromatic rings. The first-order chi connectivity index (χ1) is 5.53. The van der Waals surface area contributed by atoms with Crippen LogP contribution in [0.1, 0.15) is 12.8 Å². The summed E-state index contributed by atoms with van der Waals surface area (Å²) < 4.78 is 0. The maximum Gasteiger partial charge on any atom is 0.321 e. The van der Waals surface area contributed by atoms with Crippen LogP contribution in [-0.2, 0) is 14.4 Å². The van der Waals surface area contributed by atoms with Crippen molar-refractivity contribution in [3.05, 3.63) is 5.57 Å². The van der Waals surface area contributed by atoms with Gasteiger partial charge in [0.05, 0.1) is 0 Å². The number of carboxylic acids is 2. The van der Waals surface area contributed by atoms with Gasteiger partial charge in [-0.2, -0.15) is 0 Å². The molecule has 0 amide bonds. The van der Waals surface area contributed by atoms with Crippen LogP contribution in [0.15, 0.2) is 5.57 Å². The second-order valence-corrected chi connectivity index (χ2v) is 2.75. The Morgan fingerprint density at radius 1 is 1.25 bits per heavy atom. The molecular formula is C7H6O5. The first-order valence-corrected chi connectivity index (χ1v) is 3.22. The van der Waals surface area contributed by atoms with Crippen LogP contribution < -0.4 is 0 Å². The Hall–Kier alpha value is -1.61. The number of aliphatic carboxylic acids is 2. The molecule has 1 rings (SSSR count). The van der Waals surface area contributed by atoms with Crippen LogP contribution in [0.5, 0.6) is 0 Å². The predicted molar refractivity (Wildman–Crippen MR) is 36.1 cm³/mol. The summed E-state index contributed by atoms with van der Waals surface area (Å²) in [5, 5.41) is 17.1. The SMILES string of the molecule is O=C=C1CC(C(=O)O)(C(=O)O)C1. The third kappa shape index (κ3) is 0.914. The Labute approximate surface area is 67.3 Å². The summed E-state index contributed by atoms with van der Waals surface area (Å²) >= 11 is 0. The van der Waals surface area contributed by atoms with Gasteiger partial charge in [-0.15, -0.1) is 0 Å². The summed E-state index contributed by atoms with van der Waals surface area (Å²) in [5.41, 5.74) is -1.55. The number of hydrogen-bond acceptors (Lipinski definition) is 3. The summed E-state index contributed by atoms with van der Waals surface area (Å²) in [6.07, 6.45) is -0.442. The fourth-order valence-electron chi connectivity index (χ4n) is 1.14. The summed E-state index contributed by atoms with van der Waals surface area (Å²) in [4.78, 5) is 30.9. The lowest BCUT2D eigenvalue weighted by Crippen LogP contribution is -2.46. The van der Waals surface area contributed by atoms with Crippen molar-refractivity contribution >= 4 is 17.9 Å². The molecule has 12 heavy (non-hydrogen) atoms. The number of carbonyl (C=O) groups is 2.